The van der Waals surface area contributed by atoms with Crippen molar-refractivity contribution in [2.45, 2.75) is 19.3 Å². The number of likely N-dealkylation sites (tertiary alicyclic amines) is 1. The number of piperidine rings is 1. The molecule has 1 saturated heterocycles. The summed E-state index contributed by atoms with van der Waals surface area (Å²) in [4.78, 5) is 33.8. The van der Waals surface area contributed by atoms with E-state index in [-0.39, 0.29) is 24.2 Å². The van der Waals surface area contributed by atoms with Gasteiger partial charge >= 0.3 is 0 Å². The molecule has 1 aliphatic rings. The second kappa shape index (κ2) is 8.08. The van der Waals surface area contributed by atoms with Gasteiger partial charge in [0.2, 0.25) is 11.8 Å². The number of benzene rings is 1. The molecule has 1 fully saturated rings. The molecule has 144 valence electrons. The lowest BCUT2D eigenvalue weighted by Gasteiger charge is -2.32. The molecular formula is C20H22N6O2. The van der Waals surface area contributed by atoms with Gasteiger partial charge < -0.3 is 15.2 Å². The Kier molecular flexibility index (Phi) is 5.18. The molecule has 3 aromatic rings. The zero-order valence-corrected chi connectivity index (χ0v) is 15.4. The molecule has 28 heavy (non-hydrogen) atoms. The van der Waals surface area contributed by atoms with Crippen molar-refractivity contribution in [1.29, 1.82) is 0 Å². The number of imidazole rings is 1. The number of rotatable bonds is 5. The van der Waals surface area contributed by atoms with E-state index in [0.29, 0.717) is 13.1 Å². The van der Waals surface area contributed by atoms with Gasteiger partial charge in [0, 0.05) is 36.9 Å². The highest BCUT2D eigenvalue weighted by molar-refractivity contribution is 5.93. The molecule has 2 amide bonds. The molecule has 8 heteroatoms. The maximum Gasteiger partial charge on any atom is 0.229 e. The zero-order valence-electron chi connectivity index (χ0n) is 15.4. The number of hydrogen-bond acceptors (Lipinski definition) is 4. The summed E-state index contributed by atoms with van der Waals surface area (Å²) in [6.45, 7) is 1.14. The summed E-state index contributed by atoms with van der Waals surface area (Å²) < 4.78 is 0. The van der Waals surface area contributed by atoms with Crippen LogP contribution in [0.25, 0.3) is 11.3 Å². The first-order valence-corrected chi connectivity index (χ1v) is 9.35. The summed E-state index contributed by atoms with van der Waals surface area (Å²) in [6, 6.07) is 9.51. The maximum absolute atomic E-state index is 12.7. The predicted molar refractivity (Wildman–Crippen MR) is 104 cm³/mol. The van der Waals surface area contributed by atoms with Crippen LogP contribution in [-0.2, 0) is 16.0 Å². The molecule has 4 rings (SSSR count). The van der Waals surface area contributed by atoms with Crippen molar-refractivity contribution < 1.29 is 9.59 Å². The highest BCUT2D eigenvalue weighted by Gasteiger charge is 2.28. The van der Waals surface area contributed by atoms with Crippen LogP contribution in [0.1, 0.15) is 18.5 Å². The van der Waals surface area contributed by atoms with E-state index in [2.05, 4.69) is 25.5 Å². The summed E-state index contributed by atoms with van der Waals surface area (Å²) in [5, 5.41) is 9.83. The lowest BCUT2D eigenvalue weighted by molar-refractivity contribution is -0.134. The molecule has 1 aromatic carbocycles. The molecular weight excluding hydrogens is 356 g/mol. The van der Waals surface area contributed by atoms with Crippen molar-refractivity contribution in [1.82, 2.24) is 25.1 Å². The molecule has 0 radical (unpaired) electrons. The fraction of sp³-hybridized carbons (Fsp3) is 0.300. The number of nitrogens with zero attached hydrogens (tertiary/aromatic N) is 3. The quantitative estimate of drug-likeness (QED) is 0.633. The Balaban J connectivity index is 1.34. The Hall–Kier alpha value is -3.42. The first-order chi connectivity index (χ1) is 13.7. The molecule has 0 spiro atoms. The number of amides is 2. The molecule has 8 nitrogen and oxygen atoms in total. The summed E-state index contributed by atoms with van der Waals surface area (Å²) in [5.41, 5.74) is 3.46. The minimum atomic E-state index is -0.202. The molecule has 1 unspecified atom stereocenters. The maximum atomic E-state index is 12.7. The summed E-state index contributed by atoms with van der Waals surface area (Å²) in [7, 11) is 0. The van der Waals surface area contributed by atoms with Gasteiger partial charge in [0.15, 0.2) is 0 Å². The van der Waals surface area contributed by atoms with Gasteiger partial charge in [0.1, 0.15) is 0 Å². The fourth-order valence-electron chi connectivity index (χ4n) is 3.47. The average Bonchev–Trinajstić information content (AvgIpc) is 3.43. The van der Waals surface area contributed by atoms with Crippen molar-refractivity contribution in [2.24, 2.45) is 5.92 Å². The molecule has 0 bridgehead atoms. The minimum Gasteiger partial charge on any atom is -0.348 e. The van der Waals surface area contributed by atoms with Crippen molar-refractivity contribution in [3.05, 3.63) is 54.7 Å². The third-order valence-corrected chi connectivity index (χ3v) is 5.01. The van der Waals surface area contributed by atoms with Crippen LogP contribution in [0.2, 0.25) is 0 Å². The van der Waals surface area contributed by atoms with Crippen LogP contribution in [0.4, 0.5) is 5.69 Å². The molecule has 1 atom stereocenters. The lowest BCUT2D eigenvalue weighted by Crippen LogP contribution is -2.44. The van der Waals surface area contributed by atoms with Gasteiger partial charge in [-0.15, -0.1) is 0 Å². The van der Waals surface area contributed by atoms with Gasteiger partial charge in [-0.1, -0.05) is 12.1 Å². The summed E-state index contributed by atoms with van der Waals surface area (Å²) in [5.74, 6) is -0.231. The molecule has 3 heterocycles. The van der Waals surface area contributed by atoms with E-state index in [1.165, 1.54) is 0 Å². The Morgan fingerprint density at radius 3 is 2.79 bits per heavy atom. The Morgan fingerprint density at radius 2 is 2.07 bits per heavy atom. The topological polar surface area (TPSA) is 107 Å². The molecule has 0 saturated carbocycles. The van der Waals surface area contributed by atoms with Crippen LogP contribution in [0.5, 0.6) is 0 Å². The van der Waals surface area contributed by atoms with E-state index in [9.17, 15) is 9.59 Å². The molecule has 0 aliphatic carbocycles. The van der Waals surface area contributed by atoms with Gasteiger partial charge in [-0.25, -0.2) is 4.98 Å². The number of nitrogens with one attached hydrogen (secondary N) is 3. The van der Waals surface area contributed by atoms with E-state index in [1.807, 2.05) is 30.3 Å². The number of H-pyrrole nitrogens is 2. The SMILES string of the molecule is O=C(Nc1ccc(-c2ccn[nH]2)cc1)C1CCCN(C(=O)Cc2cnc[nH]2)C1. The number of anilines is 1. The van der Waals surface area contributed by atoms with Crippen molar-refractivity contribution in [3.8, 4) is 11.3 Å². The smallest absolute Gasteiger partial charge is 0.229 e. The largest absolute Gasteiger partial charge is 0.348 e. The number of aromatic nitrogens is 4. The van der Waals surface area contributed by atoms with E-state index in [1.54, 1.807) is 23.6 Å². The molecule has 1 aliphatic heterocycles. The molecule has 3 N–H and O–H groups in total. The number of carbonyl (C=O) groups is 2. The van der Waals surface area contributed by atoms with Gasteiger partial charge in [-0.05, 0) is 36.6 Å². The third-order valence-electron chi connectivity index (χ3n) is 5.01. The Labute approximate surface area is 162 Å². The van der Waals surface area contributed by atoms with Crippen LogP contribution in [-0.4, -0.2) is 50.0 Å². The third kappa shape index (κ3) is 4.11. The predicted octanol–water partition coefficient (Wildman–Crippen LogP) is 2.22. The highest BCUT2D eigenvalue weighted by Crippen LogP contribution is 2.22. The Bertz CT molecular complexity index is 918. The minimum absolute atomic E-state index is 0.0191. The van der Waals surface area contributed by atoms with Crippen molar-refractivity contribution >= 4 is 17.5 Å². The van der Waals surface area contributed by atoms with Crippen LogP contribution in [0.15, 0.2) is 49.1 Å². The normalized spacial score (nSPS) is 16.7. The highest BCUT2D eigenvalue weighted by atomic mass is 16.2. The number of aromatic amines is 2. The Morgan fingerprint density at radius 1 is 1.21 bits per heavy atom. The van der Waals surface area contributed by atoms with Crippen LogP contribution < -0.4 is 5.32 Å². The molecule has 2 aromatic heterocycles. The standard InChI is InChI=1S/C20H22N6O2/c27-19(10-17-11-21-13-22-17)26-9-1-2-15(12-26)20(28)24-16-5-3-14(4-6-16)18-7-8-23-25-18/h3-8,11,13,15H,1-2,9-10,12H2,(H,21,22)(H,23,25)(H,24,28). The van der Waals surface area contributed by atoms with E-state index in [0.717, 1.165) is 35.5 Å². The number of hydrogen-bond donors (Lipinski definition) is 3. The van der Waals surface area contributed by atoms with Crippen LogP contribution >= 0.6 is 0 Å². The summed E-state index contributed by atoms with van der Waals surface area (Å²) >= 11 is 0. The average molecular weight is 378 g/mol. The summed E-state index contributed by atoms with van der Waals surface area (Å²) in [6.07, 6.45) is 6.81. The lowest BCUT2D eigenvalue weighted by atomic mass is 9.96. The number of carbonyl (C=O) groups excluding carboxylic acids is 2. The monoisotopic (exact) mass is 378 g/mol. The van der Waals surface area contributed by atoms with Gasteiger partial charge in [-0.2, -0.15) is 5.10 Å². The van der Waals surface area contributed by atoms with Gasteiger partial charge in [0.05, 0.1) is 24.4 Å². The second-order valence-corrected chi connectivity index (χ2v) is 6.97. The van der Waals surface area contributed by atoms with Crippen LogP contribution in [0.3, 0.4) is 0 Å². The first kappa shape index (κ1) is 18.0. The first-order valence-electron chi connectivity index (χ1n) is 9.35. The van der Waals surface area contributed by atoms with Gasteiger partial charge in [-0.3, -0.25) is 14.7 Å². The van der Waals surface area contributed by atoms with Crippen LogP contribution in [0, 0.1) is 5.92 Å². The van der Waals surface area contributed by atoms with Gasteiger partial charge in [0.25, 0.3) is 0 Å². The van der Waals surface area contributed by atoms with E-state index in [4.69, 9.17) is 0 Å². The zero-order chi connectivity index (χ0) is 19.3. The van der Waals surface area contributed by atoms with Crippen molar-refractivity contribution in [2.75, 3.05) is 18.4 Å². The second-order valence-electron chi connectivity index (χ2n) is 6.97. The van der Waals surface area contributed by atoms with Crippen molar-refractivity contribution in [3.63, 3.8) is 0 Å². The van der Waals surface area contributed by atoms with E-state index < -0.39 is 0 Å². The fourth-order valence-corrected chi connectivity index (χ4v) is 3.47. The van der Waals surface area contributed by atoms with E-state index >= 15 is 0 Å².